The summed E-state index contributed by atoms with van der Waals surface area (Å²) in [5.41, 5.74) is -1.06. The van der Waals surface area contributed by atoms with Gasteiger partial charge in [-0.05, 0) is 18.2 Å². The Morgan fingerprint density at radius 2 is 1.36 bits per heavy atom. The number of fused-ring (bicyclic) bond motifs is 1. The van der Waals surface area contributed by atoms with Crippen molar-refractivity contribution in [2.45, 2.75) is 0 Å². The van der Waals surface area contributed by atoms with Crippen LogP contribution >= 0.6 is 0 Å². The van der Waals surface area contributed by atoms with Gasteiger partial charge < -0.3 is 29.9 Å². The predicted molar refractivity (Wildman–Crippen MR) is 76.2 cm³/mol. The Morgan fingerprint density at radius 1 is 0.773 bits per heavy atom. The maximum atomic E-state index is 12.1. The molecule has 0 saturated carbocycles. The molecule has 0 saturated heterocycles. The van der Waals surface area contributed by atoms with Crippen molar-refractivity contribution in [3.05, 3.63) is 40.6 Å². The van der Waals surface area contributed by atoms with Gasteiger partial charge in [0.25, 0.3) is 0 Å². The summed E-state index contributed by atoms with van der Waals surface area (Å²) in [6.45, 7) is 0. The van der Waals surface area contributed by atoms with E-state index in [1.54, 1.807) is 0 Å². The van der Waals surface area contributed by atoms with Gasteiger partial charge in [-0.3, -0.25) is 4.79 Å². The first kappa shape index (κ1) is 13.6. The highest BCUT2D eigenvalue weighted by atomic mass is 16.4. The van der Waals surface area contributed by atoms with Crippen molar-refractivity contribution in [1.82, 2.24) is 0 Å². The van der Waals surface area contributed by atoms with Crippen LogP contribution in [0.4, 0.5) is 0 Å². The minimum atomic E-state index is -0.870. The molecule has 7 heteroatoms. The Hall–Kier alpha value is -3.35. The van der Waals surface area contributed by atoms with Crippen LogP contribution in [0.5, 0.6) is 28.7 Å². The van der Waals surface area contributed by atoms with Gasteiger partial charge in [0.2, 0.25) is 11.2 Å². The summed E-state index contributed by atoms with van der Waals surface area (Å²) < 4.78 is 5.32. The van der Waals surface area contributed by atoms with Crippen LogP contribution in [0.15, 0.2) is 39.5 Å². The van der Waals surface area contributed by atoms with Gasteiger partial charge in [-0.1, -0.05) is 0 Å². The quantitative estimate of drug-likeness (QED) is 0.464. The minimum absolute atomic E-state index is 0.0430. The van der Waals surface area contributed by atoms with Crippen molar-refractivity contribution in [3.63, 3.8) is 0 Å². The van der Waals surface area contributed by atoms with E-state index >= 15 is 0 Å². The Labute approximate surface area is 122 Å². The molecule has 5 N–H and O–H groups in total. The topological polar surface area (TPSA) is 131 Å². The van der Waals surface area contributed by atoms with Crippen molar-refractivity contribution < 1.29 is 29.9 Å². The molecule has 0 aliphatic carbocycles. The van der Waals surface area contributed by atoms with Gasteiger partial charge in [0, 0.05) is 17.7 Å². The predicted octanol–water partition coefficient (Wildman–Crippen LogP) is 1.99. The largest absolute Gasteiger partial charge is 0.508 e. The zero-order valence-corrected chi connectivity index (χ0v) is 10.9. The normalized spacial score (nSPS) is 10.9. The van der Waals surface area contributed by atoms with Crippen LogP contribution in [0.25, 0.3) is 22.3 Å². The summed E-state index contributed by atoms with van der Waals surface area (Å²) in [5.74, 6) is -2.55. The first-order chi connectivity index (χ1) is 10.4. The molecule has 22 heavy (non-hydrogen) atoms. The lowest BCUT2D eigenvalue weighted by Crippen LogP contribution is -2.02. The van der Waals surface area contributed by atoms with E-state index < -0.39 is 16.9 Å². The Morgan fingerprint density at radius 3 is 2.00 bits per heavy atom. The zero-order valence-electron chi connectivity index (χ0n) is 10.9. The number of benzene rings is 2. The van der Waals surface area contributed by atoms with E-state index in [-0.39, 0.29) is 39.5 Å². The fourth-order valence-electron chi connectivity index (χ4n) is 2.18. The molecule has 2 aromatic carbocycles. The van der Waals surface area contributed by atoms with Crippen LogP contribution < -0.4 is 5.43 Å². The molecule has 0 bridgehead atoms. The van der Waals surface area contributed by atoms with E-state index in [0.717, 1.165) is 18.2 Å². The van der Waals surface area contributed by atoms with Gasteiger partial charge in [0.05, 0.1) is 5.39 Å². The fourth-order valence-corrected chi connectivity index (χ4v) is 2.18. The summed E-state index contributed by atoms with van der Waals surface area (Å²) in [6, 6.07) is 5.42. The third kappa shape index (κ3) is 2.05. The Kier molecular flexibility index (Phi) is 2.84. The van der Waals surface area contributed by atoms with E-state index in [0.29, 0.717) is 0 Å². The summed E-state index contributed by atoms with van der Waals surface area (Å²) in [4.78, 5) is 12.1. The molecule has 112 valence electrons. The second-order valence-corrected chi connectivity index (χ2v) is 4.69. The van der Waals surface area contributed by atoms with E-state index in [4.69, 9.17) is 4.42 Å². The van der Waals surface area contributed by atoms with Gasteiger partial charge in [0.1, 0.15) is 17.2 Å². The second-order valence-electron chi connectivity index (χ2n) is 4.69. The summed E-state index contributed by atoms with van der Waals surface area (Å²) in [5, 5.41) is 47.9. The van der Waals surface area contributed by atoms with Crippen molar-refractivity contribution in [1.29, 1.82) is 0 Å². The van der Waals surface area contributed by atoms with Crippen LogP contribution in [0.2, 0.25) is 0 Å². The summed E-state index contributed by atoms with van der Waals surface area (Å²) in [6.07, 6.45) is 0. The molecule has 0 amide bonds. The smallest absolute Gasteiger partial charge is 0.235 e. The first-order valence-corrected chi connectivity index (χ1v) is 6.12. The number of hydrogen-bond acceptors (Lipinski definition) is 7. The molecular formula is C15H10O7. The monoisotopic (exact) mass is 302 g/mol. The molecule has 7 nitrogen and oxygen atoms in total. The van der Waals surface area contributed by atoms with Gasteiger partial charge >= 0.3 is 0 Å². The molecule has 0 fully saturated rings. The van der Waals surface area contributed by atoms with E-state index in [2.05, 4.69) is 0 Å². The molecular weight excluding hydrogens is 292 g/mol. The van der Waals surface area contributed by atoms with Crippen molar-refractivity contribution in [2.75, 3.05) is 0 Å². The molecule has 1 heterocycles. The molecule has 0 radical (unpaired) electrons. The third-order valence-electron chi connectivity index (χ3n) is 3.10. The molecule has 0 spiro atoms. The van der Waals surface area contributed by atoms with Crippen molar-refractivity contribution in [2.24, 2.45) is 0 Å². The van der Waals surface area contributed by atoms with Crippen LogP contribution in [0.3, 0.4) is 0 Å². The van der Waals surface area contributed by atoms with Gasteiger partial charge in [-0.25, -0.2) is 0 Å². The standard InChI is InChI=1S/C15H10O7/c16-7-1-6(2-8(17)3-7)14-13(21)12(20)10-4-9(18)5-11(19)15(10)22-14/h1-5,16-19,21H. The lowest BCUT2D eigenvalue weighted by Gasteiger charge is -2.08. The zero-order chi connectivity index (χ0) is 16.0. The SMILES string of the molecule is O=c1c(O)c(-c2cc(O)cc(O)c2)oc2c(O)cc(O)cc12. The number of aromatic hydroxyl groups is 5. The lowest BCUT2D eigenvalue weighted by atomic mass is 10.1. The molecule has 0 aliphatic heterocycles. The maximum absolute atomic E-state index is 12.1. The van der Waals surface area contributed by atoms with Crippen LogP contribution in [0, 0.1) is 0 Å². The molecule has 3 rings (SSSR count). The van der Waals surface area contributed by atoms with Crippen LogP contribution in [0.1, 0.15) is 0 Å². The number of hydrogen-bond donors (Lipinski definition) is 5. The molecule has 0 unspecified atom stereocenters. The van der Waals surface area contributed by atoms with Gasteiger partial charge in [-0.15, -0.1) is 0 Å². The molecule has 0 atom stereocenters. The maximum Gasteiger partial charge on any atom is 0.235 e. The Balaban J connectivity index is 2.41. The fraction of sp³-hybridized carbons (Fsp3) is 0. The average Bonchev–Trinajstić information content (AvgIpc) is 2.42. The van der Waals surface area contributed by atoms with Crippen LogP contribution in [-0.2, 0) is 0 Å². The average molecular weight is 302 g/mol. The van der Waals surface area contributed by atoms with E-state index in [9.17, 15) is 30.3 Å². The van der Waals surface area contributed by atoms with Gasteiger partial charge in [-0.2, -0.15) is 0 Å². The molecule has 3 aromatic rings. The van der Waals surface area contributed by atoms with Crippen molar-refractivity contribution >= 4 is 11.0 Å². The second kappa shape index (κ2) is 4.59. The van der Waals surface area contributed by atoms with E-state index in [1.165, 1.54) is 12.1 Å². The van der Waals surface area contributed by atoms with Crippen LogP contribution in [-0.4, -0.2) is 25.5 Å². The number of phenols is 4. The van der Waals surface area contributed by atoms with Gasteiger partial charge in [0.15, 0.2) is 17.1 Å². The lowest BCUT2D eigenvalue weighted by molar-refractivity contribution is 0.430. The van der Waals surface area contributed by atoms with Crippen molar-refractivity contribution in [3.8, 4) is 40.1 Å². The minimum Gasteiger partial charge on any atom is -0.508 e. The number of phenolic OH excluding ortho intramolecular Hbond substituents is 4. The first-order valence-electron chi connectivity index (χ1n) is 6.12. The summed E-state index contributed by atoms with van der Waals surface area (Å²) in [7, 11) is 0. The number of rotatable bonds is 1. The summed E-state index contributed by atoms with van der Waals surface area (Å²) >= 11 is 0. The highest BCUT2D eigenvalue weighted by molar-refractivity contribution is 5.87. The highest BCUT2D eigenvalue weighted by Gasteiger charge is 2.19. The Bertz CT molecular complexity index is 936. The van der Waals surface area contributed by atoms with E-state index in [1.807, 2.05) is 0 Å². The molecule has 1 aromatic heterocycles. The third-order valence-corrected chi connectivity index (χ3v) is 3.10. The molecule has 0 aliphatic rings. The highest BCUT2D eigenvalue weighted by Crippen LogP contribution is 2.37.